The van der Waals surface area contributed by atoms with Gasteiger partial charge in [-0.15, -0.1) is 0 Å². The van der Waals surface area contributed by atoms with Gasteiger partial charge in [0.25, 0.3) is 0 Å². The summed E-state index contributed by atoms with van der Waals surface area (Å²) in [6.07, 6.45) is 13.8. The fourth-order valence-corrected chi connectivity index (χ4v) is 5.07. The van der Waals surface area contributed by atoms with Gasteiger partial charge in [-0.3, -0.25) is 4.79 Å². The second kappa shape index (κ2) is 11.8. The summed E-state index contributed by atoms with van der Waals surface area (Å²) < 4.78 is 0. The Labute approximate surface area is 188 Å². The molecule has 0 amide bonds. The molecule has 0 radical (unpaired) electrons. The fraction of sp³-hybridized carbons (Fsp3) is 0.517. The van der Waals surface area contributed by atoms with Crippen molar-refractivity contribution in [1.82, 2.24) is 0 Å². The third kappa shape index (κ3) is 6.30. The molecule has 0 saturated heterocycles. The van der Waals surface area contributed by atoms with Crippen molar-refractivity contribution in [3.63, 3.8) is 0 Å². The Hall–Kier alpha value is -2.40. The Bertz CT molecular complexity index is 882. The van der Waals surface area contributed by atoms with Crippen LogP contribution in [0.3, 0.4) is 0 Å². The number of nitriles is 1. The van der Waals surface area contributed by atoms with E-state index >= 15 is 0 Å². The van der Waals surface area contributed by atoms with Crippen molar-refractivity contribution in [2.75, 3.05) is 0 Å². The highest BCUT2D eigenvalue weighted by atomic mass is 16.1. The number of ketones is 1. The second-order valence-corrected chi connectivity index (χ2v) is 9.19. The van der Waals surface area contributed by atoms with Crippen LogP contribution in [0.25, 0.3) is 11.1 Å². The van der Waals surface area contributed by atoms with Crippen LogP contribution in [0.5, 0.6) is 0 Å². The molecule has 0 aliphatic heterocycles. The monoisotopic (exact) mass is 415 g/mol. The molecule has 0 unspecified atom stereocenters. The first-order valence-electron chi connectivity index (χ1n) is 12.3. The lowest BCUT2D eigenvalue weighted by Gasteiger charge is -2.30. The van der Waals surface area contributed by atoms with Crippen molar-refractivity contribution < 1.29 is 4.79 Å². The van der Waals surface area contributed by atoms with Crippen LogP contribution in [-0.2, 0) is 0 Å². The van der Waals surface area contributed by atoms with Gasteiger partial charge in [-0.25, -0.2) is 0 Å². The lowest BCUT2D eigenvalue weighted by atomic mass is 9.75. The van der Waals surface area contributed by atoms with Gasteiger partial charge >= 0.3 is 0 Å². The maximum absolute atomic E-state index is 12.0. The molecule has 0 N–H and O–H groups in total. The van der Waals surface area contributed by atoms with E-state index in [-0.39, 0.29) is 5.78 Å². The molecule has 31 heavy (non-hydrogen) atoms. The first-order chi connectivity index (χ1) is 15.2. The number of hydrogen-bond acceptors (Lipinski definition) is 2. The Morgan fingerprint density at radius 3 is 2.29 bits per heavy atom. The van der Waals surface area contributed by atoms with Crippen LogP contribution in [0.2, 0.25) is 0 Å². The summed E-state index contributed by atoms with van der Waals surface area (Å²) in [5.41, 5.74) is 5.20. The summed E-state index contributed by atoms with van der Waals surface area (Å²) >= 11 is 0. The van der Waals surface area contributed by atoms with E-state index in [1.54, 1.807) is 0 Å². The van der Waals surface area contributed by atoms with Gasteiger partial charge in [-0.05, 0) is 66.3 Å². The zero-order valence-electron chi connectivity index (χ0n) is 19.3. The predicted octanol–water partition coefficient (Wildman–Crippen LogP) is 8.45. The molecule has 1 aliphatic rings. The van der Waals surface area contributed by atoms with Crippen molar-refractivity contribution in [3.05, 3.63) is 59.2 Å². The molecule has 2 aromatic carbocycles. The number of nitrogens with zero attached hydrogens (tertiary/aromatic N) is 1. The molecule has 1 saturated carbocycles. The Morgan fingerprint density at radius 2 is 1.65 bits per heavy atom. The number of rotatable bonds is 10. The molecule has 2 nitrogen and oxygen atoms in total. The average Bonchev–Trinajstić information content (AvgIpc) is 2.83. The molecule has 3 rings (SSSR count). The van der Waals surface area contributed by atoms with Crippen LogP contribution in [0.15, 0.2) is 42.5 Å². The number of unbranched alkanes of at least 4 members (excludes halogenated alkanes) is 4. The van der Waals surface area contributed by atoms with Gasteiger partial charge in [0, 0.05) is 12.0 Å². The van der Waals surface area contributed by atoms with Gasteiger partial charge in [-0.1, -0.05) is 82.7 Å². The molecule has 1 aliphatic carbocycles. The summed E-state index contributed by atoms with van der Waals surface area (Å²) in [6.45, 7) is 4.17. The lowest BCUT2D eigenvalue weighted by Crippen LogP contribution is -2.14. The fourth-order valence-electron chi connectivity index (χ4n) is 5.07. The number of carbonyl (C=O) groups is 1. The van der Waals surface area contributed by atoms with Crippen molar-refractivity contribution in [2.24, 2.45) is 5.92 Å². The van der Waals surface area contributed by atoms with E-state index in [1.165, 1.54) is 75.3 Å². The number of carbonyl (C=O) groups excluding carboxylic acids is 1. The molecular formula is C29H37NO. The van der Waals surface area contributed by atoms with Gasteiger partial charge in [0.05, 0.1) is 11.6 Å². The highest BCUT2D eigenvalue weighted by Crippen LogP contribution is 2.41. The van der Waals surface area contributed by atoms with Crippen molar-refractivity contribution >= 4 is 5.78 Å². The van der Waals surface area contributed by atoms with E-state index in [1.807, 2.05) is 25.1 Å². The van der Waals surface area contributed by atoms with Crippen LogP contribution in [0, 0.1) is 17.2 Å². The predicted molar refractivity (Wildman–Crippen MR) is 129 cm³/mol. The van der Waals surface area contributed by atoms with Crippen LogP contribution in [-0.4, -0.2) is 5.78 Å². The smallest absolute Gasteiger partial charge is 0.162 e. The molecule has 0 heterocycles. The van der Waals surface area contributed by atoms with E-state index in [0.29, 0.717) is 12.3 Å². The molecular weight excluding hydrogens is 378 g/mol. The van der Waals surface area contributed by atoms with Crippen molar-refractivity contribution in [1.29, 1.82) is 5.26 Å². The van der Waals surface area contributed by atoms with Crippen LogP contribution < -0.4 is 0 Å². The summed E-state index contributed by atoms with van der Waals surface area (Å²) in [4.78, 5) is 12.0. The largest absolute Gasteiger partial charge is 0.294 e. The normalized spacial score (nSPS) is 18.5. The Balaban J connectivity index is 1.70. The van der Waals surface area contributed by atoms with Crippen LogP contribution in [0.4, 0.5) is 0 Å². The minimum Gasteiger partial charge on any atom is -0.294 e. The summed E-state index contributed by atoms with van der Waals surface area (Å²) in [5.74, 6) is 1.58. The van der Waals surface area contributed by atoms with E-state index in [4.69, 9.17) is 0 Å². The van der Waals surface area contributed by atoms with Gasteiger partial charge in [0.1, 0.15) is 0 Å². The van der Waals surface area contributed by atoms with Crippen LogP contribution in [0.1, 0.15) is 112 Å². The first-order valence-corrected chi connectivity index (χ1v) is 12.3. The van der Waals surface area contributed by atoms with Gasteiger partial charge in [-0.2, -0.15) is 5.26 Å². The number of hydrogen-bond donors (Lipinski definition) is 0. The minimum atomic E-state index is 0.180. The molecule has 0 spiro atoms. The van der Waals surface area contributed by atoms with Crippen molar-refractivity contribution in [3.8, 4) is 17.2 Å². The molecule has 2 aromatic rings. The first kappa shape index (κ1) is 23.3. The SMILES string of the molecule is CCCCCCCC1CCC(c2cc(C#N)ccc2-c2ccc(C(=O)CC)cc2)CC1. The standard InChI is InChI=1S/C29H37NO/c1-3-5-6-7-8-9-22-10-13-25(14-11-22)28-20-23(21-30)12-19-27(28)24-15-17-26(18-16-24)29(31)4-2/h12,15-20,22,25H,3-11,13-14H2,1-2H3. The zero-order valence-corrected chi connectivity index (χ0v) is 19.3. The van der Waals surface area contributed by atoms with Crippen LogP contribution >= 0.6 is 0 Å². The highest BCUT2D eigenvalue weighted by Gasteiger charge is 2.24. The minimum absolute atomic E-state index is 0.180. The van der Waals surface area contributed by atoms with E-state index in [9.17, 15) is 10.1 Å². The molecule has 2 heteroatoms. The van der Waals surface area contributed by atoms with E-state index in [0.717, 1.165) is 22.6 Å². The van der Waals surface area contributed by atoms with Gasteiger partial charge < -0.3 is 0 Å². The van der Waals surface area contributed by atoms with E-state index in [2.05, 4.69) is 37.3 Å². The number of benzene rings is 2. The Morgan fingerprint density at radius 1 is 0.935 bits per heavy atom. The van der Waals surface area contributed by atoms with Crippen molar-refractivity contribution in [2.45, 2.75) is 90.4 Å². The van der Waals surface area contributed by atoms with Gasteiger partial charge in [0.15, 0.2) is 5.78 Å². The zero-order chi connectivity index (χ0) is 22.1. The Kier molecular flexibility index (Phi) is 8.89. The second-order valence-electron chi connectivity index (χ2n) is 9.19. The average molecular weight is 416 g/mol. The van der Waals surface area contributed by atoms with E-state index < -0.39 is 0 Å². The summed E-state index contributed by atoms with van der Waals surface area (Å²) in [6, 6.07) is 16.5. The molecule has 0 aromatic heterocycles. The summed E-state index contributed by atoms with van der Waals surface area (Å²) in [7, 11) is 0. The molecule has 0 atom stereocenters. The maximum atomic E-state index is 12.0. The summed E-state index contributed by atoms with van der Waals surface area (Å²) in [5, 5.41) is 9.46. The third-order valence-electron chi connectivity index (χ3n) is 7.02. The highest BCUT2D eigenvalue weighted by molar-refractivity contribution is 5.96. The molecule has 164 valence electrons. The maximum Gasteiger partial charge on any atom is 0.162 e. The van der Waals surface area contributed by atoms with Gasteiger partial charge in [0.2, 0.25) is 0 Å². The lowest BCUT2D eigenvalue weighted by molar-refractivity contribution is 0.0988. The topological polar surface area (TPSA) is 40.9 Å². The molecule has 1 fully saturated rings. The third-order valence-corrected chi connectivity index (χ3v) is 7.02. The number of Topliss-reactive ketones (excluding diaryl/α,β-unsaturated/α-hetero) is 1. The molecule has 0 bridgehead atoms. The quantitative estimate of drug-likeness (QED) is 0.288.